The van der Waals surface area contributed by atoms with Gasteiger partial charge >= 0.3 is 0 Å². The molecule has 1 amide bonds. The Hall–Kier alpha value is -2.20. The molecule has 114 valence electrons. The molecule has 1 N–H and O–H groups in total. The van der Waals surface area contributed by atoms with E-state index in [1.54, 1.807) is 23.9 Å². The third-order valence-electron chi connectivity index (χ3n) is 2.94. The molecule has 2 rings (SSSR count). The van der Waals surface area contributed by atoms with Crippen molar-refractivity contribution >= 4 is 23.4 Å². The zero-order chi connectivity index (χ0) is 15.9. The molecule has 0 aliphatic rings. The Morgan fingerprint density at radius 2 is 2.00 bits per heavy atom. The summed E-state index contributed by atoms with van der Waals surface area (Å²) in [4.78, 5) is 13.4. The number of rotatable bonds is 6. The molecule has 0 bridgehead atoms. The van der Waals surface area contributed by atoms with Gasteiger partial charge in [0.05, 0.1) is 5.69 Å². The average Bonchev–Trinajstić information content (AvgIpc) is 2.53. The fraction of sp³-hybridized carbons (Fsp3) is 0.167. The molecular formula is C18H19NO2S. The minimum Gasteiger partial charge on any atom is -0.489 e. The molecule has 0 aliphatic heterocycles. The number of carbonyl (C=O) groups is 1. The van der Waals surface area contributed by atoms with E-state index >= 15 is 0 Å². The van der Waals surface area contributed by atoms with Crippen molar-refractivity contribution < 1.29 is 9.53 Å². The van der Waals surface area contributed by atoms with Crippen LogP contribution in [0.2, 0.25) is 0 Å². The SMILES string of the molecule is C=C(C)COc1cccc(C(=O)Nc2ccccc2SC)c1. The maximum absolute atomic E-state index is 12.4. The van der Waals surface area contributed by atoms with Crippen molar-refractivity contribution in [3.8, 4) is 5.75 Å². The molecule has 2 aromatic carbocycles. The van der Waals surface area contributed by atoms with Crippen LogP contribution in [0.4, 0.5) is 5.69 Å². The smallest absolute Gasteiger partial charge is 0.255 e. The van der Waals surface area contributed by atoms with E-state index < -0.39 is 0 Å². The number of amides is 1. The van der Waals surface area contributed by atoms with E-state index in [0.29, 0.717) is 17.9 Å². The fourth-order valence-corrected chi connectivity index (χ4v) is 2.43. The summed E-state index contributed by atoms with van der Waals surface area (Å²) >= 11 is 1.60. The van der Waals surface area contributed by atoms with Crippen molar-refractivity contribution in [3.05, 3.63) is 66.2 Å². The number of carbonyl (C=O) groups excluding carboxylic acids is 1. The summed E-state index contributed by atoms with van der Waals surface area (Å²) in [5.74, 6) is 0.510. The van der Waals surface area contributed by atoms with Crippen LogP contribution in [0.5, 0.6) is 5.75 Å². The first-order valence-electron chi connectivity index (χ1n) is 6.92. The largest absolute Gasteiger partial charge is 0.489 e. The minimum atomic E-state index is -0.151. The van der Waals surface area contributed by atoms with Gasteiger partial charge < -0.3 is 10.1 Å². The van der Waals surface area contributed by atoms with Gasteiger partial charge in [-0.3, -0.25) is 4.79 Å². The van der Waals surface area contributed by atoms with Crippen molar-refractivity contribution in [1.29, 1.82) is 0 Å². The first kappa shape index (κ1) is 16.2. The molecule has 0 aliphatic carbocycles. The minimum absolute atomic E-state index is 0.151. The van der Waals surface area contributed by atoms with Crippen molar-refractivity contribution in [2.75, 3.05) is 18.2 Å². The molecule has 0 saturated carbocycles. The van der Waals surface area contributed by atoms with Crippen LogP contribution in [0, 0.1) is 0 Å². The van der Waals surface area contributed by atoms with E-state index in [9.17, 15) is 4.79 Å². The molecule has 2 aromatic rings. The lowest BCUT2D eigenvalue weighted by Gasteiger charge is -2.10. The summed E-state index contributed by atoms with van der Waals surface area (Å²) in [6.45, 7) is 6.14. The van der Waals surface area contributed by atoms with Gasteiger partial charge in [-0.05, 0) is 49.1 Å². The topological polar surface area (TPSA) is 38.3 Å². The van der Waals surface area contributed by atoms with Gasteiger partial charge in [0.25, 0.3) is 5.91 Å². The average molecular weight is 313 g/mol. The van der Waals surface area contributed by atoms with E-state index in [1.807, 2.05) is 49.6 Å². The predicted molar refractivity (Wildman–Crippen MR) is 92.9 cm³/mol. The molecule has 0 spiro atoms. The zero-order valence-electron chi connectivity index (χ0n) is 12.8. The van der Waals surface area contributed by atoms with Crippen LogP contribution in [0.3, 0.4) is 0 Å². The van der Waals surface area contributed by atoms with Gasteiger partial charge in [-0.2, -0.15) is 0 Å². The number of thioether (sulfide) groups is 1. The number of benzene rings is 2. The van der Waals surface area contributed by atoms with Crippen LogP contribution in [0.25, 0.3) is 0 Å². The number of hydrogen-bond donors (Lipinski definition) is 1. The fourth-order valence-electron chi connectivity index (χ4n) is 1.88. The first-order valence-corrected chi connectivity index (χ1v) is 8.14. The molecular weight excluding hydrogens is 294 g/mol. The molecule has 0 aromatic heterocycles. The van der Waals surface area contributed by atoms with Gasteiger partial charge in [0, 0.05) is 10.5 Å². The maximum atomic E-state index is 12.4. The van der Waals surface area contributed by atoms with Gasteiger partial charge in [0.2, 0.25) is 0 Å². The van der Waals surface area contributed by atoms with Crippen LogP contribution in [0.15, 0.2) is 65.6 Å². The number of hydrogen-bond acceptors (Lipinski definition) is 3. The van der Waals surface area contributed by atoms with Crippen molar-refractivity contribution in [3.63, 3.8) is 0 Å². The number of anilines is 1. The van der Waals surface area contributed by atoms with Crippen LogP contribution in [-0.2, 0) is 0 Å². The highest BCUT2D eigenvalue weighted by Crippen LogP contribution is 2.25. The monoisotopic (exact) mass is 313 g/mol. The second-order valence-electron chi connectivity index (χ2n) is 4.93. The van der Waals surface area contributed by atoms with Crippen LogP contribution in [0.1, 0.15) is 17.3 Å². The van der Waals surface area contributed by atoms with E-state index in [0.717, 1.165) is 16.2 Å². The highest BCUT2D eigenvalue weighted by Gasteiger charge is 2.09. The normalized spacial score (nSPS) is 10.1. The Kier molecular flexibility index (Phi) is 5.67. The maximum Gasteiger partial charge on any atom is 0.255 e. The van der Waals surface area contributed by atoms with Crippen molar-refractivity contribution in [2.24, 2.45) is 0 Å². The summed E-state index contributed by atoms with van der Waals surface area (Å²) in [6.07, 6.45) is 1.98. The highest BCUT2D eigenvalue weighted by molar-refractivity contribution is 7.98. The summed E-state index contributed by atoms with van der Waals surface area (Å²) in [5, 5.41) is 2.94. The summed E-state index contributed by atoms with van der Waals surface area (Å²) in [5.41, 5.74) is 2.31. The van der Waals surface area contributed by atoms with Crippen LogP contribution in [-0.4, -0.2) is 18.8 Å². The lowest BCUT2D eigenvalue weighted by molar-refractivity contribution is 0.102. The Labute approximate surface area is 135 Å². The van der Waals surface area contributed by atoms with E-state index in [1.165, 1.54) is 0 Å². The molecule has 3 nitrogen and oxygen atoms in total. The van der Waals surface area contributed by atoms with Gasteiger partial charge in [-0.1, -0.05) is 24.8 Å². The van der Waals surface area contributed by atoms with Crippen molar-refractivity contribution in [2.45, 2.75) is 11.8 Å². The third-order valence-corrected chi connectivity index (χ3v) is 3.73. The van der Waals surface area contributed by atoms with Crippen molar-refractivity contribution in [1.82, 2.24) is 0 Å². The number of nitrogens with one attached hydrogen (secondary N) is 1. The molecule has 0 heterocycles. The number of para-hydroxylation sites is 1. The third kappa shape index (κ3) is 4.40. The highest BCUT2D eigenvalue weighted by atomic mass is 32.2. The molecule has 4 heteroatoms. The molecule has 0 radical (unpaired) electrons. The molecule has 0 fully saturated rings. The number of ether oxygens (including phenoxy) is 1. The Bertz CT molecular complexity index is 682. The Morgan fingerprint density at radius 3 is 2.73 bits per heavy atom. The van der Waals surface area contributed by atoms with Gasteiger partial charge in [0.15, 0.2) is 0 Å². The Balaban J connectivity index is 2.12. The first-order chi connectivity index (χ1) is 10.6. The standard InChI is InChI=1S/C18H19NO2S/c1-13(2)12-21-15-8-6-7-14(11-15)18(20)19-16-9-4-5-10-17(16)22-3/h4-11H,1,12H2,2-3H3,(H,19,20). The lowest BCUT2D eigenvalue weighted by atomic mass is 10.2. The Morgan fingerprint density at radius 1 is 1.23 bits per heavy atom. The molecule has 0 saturated heterocycles. The van der Waals surface area contributed by atoms with Crippen LogP contribution < -0.4 is 10.1 Å². The zero-order valence-corrected chi connectivity index (χ0v) is 13.6. The second kappa shape index (κ2) is 7.71. The quantitative estimate of drug-likeness (QED) is 0.625. The lowest BCUT2D eigenvalue weighted by Crippen LogP contribution is -2.12. The molecule has 0 unspecified atom stereocenters. The summed E-state index contributed by atoms with van der Waals surface area (Å²) in [7, 11) is 0. The predicted octanol–water partition coefficient (Wildman–Crippen LogP) is 4.62. The van der Waals surface area contributed by atoms with E-state index in [4.69, 9.17) is 4.74 Å². The van der Waals surface area contributed by atoms with Gasteiger partial charge in [0.1, 0.15) is 12.4 Å². The van der Waals surface area contributed by atoms with E-state index in [2.05, 4.69) is 11.9 Å². The molecule has 0 atom stereocenters. The molecule has 22 heavy (non-hydrogen) atoms. The van der Waals surface area contributed by atoms with E-state index in [-0.39, 0.29) is 5.91 Å². The summed E-state index contributed by atoms with van der Waals surface area (Å²) < 4.78 is 5.57. The van der Waals surface area contributed by atoms with Gasteiger partial charge in [-0.15, -0.1) is 11.8 Å². The second-order valence-corrected chi connectivity index (χ2v) is 5.78. The van der Waals surface area contributed by atoms with Crippen LogP contribution >= 0.6 is 11.8 Å². The van der Waals surface area contributed by atoms with Gasteiger partial charge in [-0.25, -0.2) is 0 Å². The summed E-state index contributed by atoms with van der Waals surface area (Å²) in [6, 6.07) is 14.9.